The van der Waals surface area contributed by atoms with Crippen molar-refractivity contribution in [3.05, 3.63) is 146 Å². The molecule has 46 heavy (non-hydrogen) atoms. The summed E-state index contributed by atoms with van der Waals surface area (Å²) in [7, 11) is 0. The van der Waals surface area contributed by atoms with Crippen LogP contribution in [0.25, 0.3) is 89.1 Å². The molecule has 2 nitrogen and oxygen atoms in total. The predicted molar refractivity (Wildman–Crippen MR) is 200 cm³/mol. The van der Waals surface area contributed by atoms with Crippen LogP contribution in [0.5, 0.6) is 0 Å². The molecule has 2 heteroatoms. The normalized spacial score (nSPS) is 11.6. The minimum atomic E-state index is 0.924. The smallest absolute Gasteiger partial charge is 0.0491 e. The largest absolute Gasteiger partial charge is 0.341 e. The molecule has 0 radical (unpaired) electrons. The van der Waals surface area contributed by atoms with Crippen LogP contribution in [-0.2, 0) is 13.1 Å². The van der Waals surface area contributed by atoms with E-state index in [1.54, 1.807) is 0 Å². The second kappa shape index (κ2) is 11.1. The first-order valence-electron chi connectivity index (χ1n) is 16.2. The van der Waals surface area contributed by atoms with Crippen molar-refractivity contribution >= 4 is 55.8 Å². The maximum absolute atomic E-state index is 3.91. The molecule has 222 valence electrons. The van der Waals surface area contributed by atoms with Crippen molar-refractivity contribution in [2.24, 2.45) is 0 Å². The summed E-state index contributed by atoms with van der Waals surface area (Å²) in [4.78, 5) is 0. The average Bonchev–Trinajstić information content (AvgIpc) is 3.61. The zero-order valence-electron chi connectivity index (χ0n) is 26.4. The first-order chi connectivity index (χ1) is 22.6. The second-order valence-electron chi connectivity index (χ2n) is 12.1. The summed E-state index contributed by atoms with van der Waals surface area (Å²) in [5.74, 6) is 0. The Morgan fingerprint density at radius 1 is 0.391 bits per heavy atom. The minimum Gasteiger partial charge on any atom is -0.341 e. The molecule has 0 bridgehead atoms. The van der Waals surface area contributed by atoms with Gasteiger partial charge in [0.2, 0.25) is 0 Å². The Kier molecular flexibility index (Phi) is 6.73. The van der Waals surface area contributed by atoms with Crippen molar-refractivity contribution in [2.45, 2.75) is 26.9 Å². The molecule has 0 fully saturated rings. The number of aryl methyl sites for hydroxylation is 2. The van der Waals surface area contributed by atoms with E-state index in [1.807, 2.05) is 12.2 Å². The number of aromatic nitrogens is 2. The highest BCUT2D eigenvalue weighted by Gasteiger charge is 2.15. The molecule has 2 aromatic heterocycles. The summed E-state index contributed by atoms with van der Waals surface area (Å²) < 4.78 is 4.86. The van der Waals surface area contributed by atoms with Crippen LogP contribution in [0.2, 0.25) is 0 Å². The van der Waals surface area contributed by atoms with E-state index in [2.05, 4.69) is 157 Å². The third kappa shape index (κ3) is 4.41. The minimum absolute atomic E-state index is 0.924. The lowest BCUT2D eigenvalue weighted by Gasteiger charge is -2.06. The van der Waals surface area contributed by atoms with Gasteiger partial charge in [0.15, 0.2) is 0 Å². The lowest BCUT2D eigenvalue weighted by Crippen LogP contribution is -1.93. The van der Waals surface area contributed by atoms with E-state index in [1.165, 1.54) is 77.0 Å². The Bertz CT molecular complexity index is 2270. The van der Waals surface area contributed by atoms with E-state index in [0.717, 1.165) is 24.2 Å². The van der Waals surface area contributed by atoms with E-state index in [9.17, 15) is 0 Å². The van der Waals surface area contributed by atoms with Gasteiger partial charge in [-0.15, -0.1) is 0 Å². The highest BCUT2D eigenvalue weighted by molar-refractivity contribution is 6.12. The maximum Gasteiger partial charge on any atom is 0.0491 e. The molecule has 0 unspecified atom stereocenters. The fraction of sp³-hybridized carbons (Fsp3) is 0.0909. The van der Waals surface area contributed by atoms with Gasteiger partial charge in [0.05, 0.1) is 0 Å². The molecule has 8 aromatic rings. The van der Waals surface area contributed by atoms with Gasteiger partial charge in [-0.05, 0) is 107 Å². The molecule has 2 heterocycles. The summed E-state index contributed by atoms with van der Waals surface area (Å²) in [6.07, 6.45) is 3.78. The third-order valence-corrected chi connectivity index (χ3v) is 9.65. The summed E-state index contributed by atoms with van der Waals surface area (Å²) in [6.45, 7) is 14.1. The molecule has 0 atom stereocenters. The summed E-state index contributed by atoms with van der Waals surface area (Å²) in [6, 6.07) is 45.0. The van der Waals surface area contributed by atoms with Crippen LogP contribution in [0, 0.1) is 0 Å². The van der Waals surface area contributed by atoms with Gasteiger partial charge < -0.3 is 9.13 Å². The van der Waals surface area contributed by atoms with Crippen molar-refractivity contribution in [2.75, 3.05) is 0 Å². The number of hydrogen-bond acceptors (Lipinski definition) is 0. The van der Waals surface area contributed by atoms with Crippen molar-refractivity contribution in [3.63, 3.8) is 0 Å². The van der Waals surface area contributed by atoms with Gasteiger partial charge in [0.1, 0.15) is 0 Å². The molecule has 6 aromatic carbocycles. The number of rotatable bonds is 7. The number of fused-ring (bicyclic) bond motifs is 6. The SMILES string of the molecule is C=Cc1ccc(-c2ccc3c(c2)c2cc(-c4ccc5c(c4)c4cc(-c6ccc(C=C)cc6)ccc4n5CC)ccc2n3CC)cc1. The third-order valence-electron chi connectivity index (χ3n) is 9.65. The van der Waals surface area contributed by atoms with E-state index in [-0.39, 0.29) is 0 Å². The van der Waals surface area contributed by atoms with E-state index in [4.69, 9.17) is 0 Å². The number of nitrogens with zero attached hydrogens (tertiary/aromatic N) is 2. The van der Waals surface area contributed by atoms with Crippen molar-refractivity contribution in [3.8, 4) is 33.4 Å². The van der Waals surface area contributed by atoms with Crippen LogP contribution < -0.4 is 0 Å². The molecular weight excluding hydrogens is 556 g/mol. The Morgan fingerprint density at radius 3 is 0.913 bits per heavy atom. The van der Waals surface area contributed by atoms with Crippen LogP contribution in [0.3, 0.4) is 0 Å². The van der Waals surface area contributed by atoms with Crippen LogP contribution in [-0.4, -0.2) is 9.13 Å². The molecule has 0 amide bonds. The first kappa shape index (κ1) is 27.9. The Hall–Kier alpha value is -5.60. The van der Waals surface area contributed by atoms with Gasteiger partial charge in [0, 0.05) is 56.7 Å². The molecule has 0 aliphatic heterocycles. The van der Waals surface area contributed by atoms with E-state index in [0.29, 0.717) is 0 Å². The summed E-state index contributed by atoms with van der Waals surface area (Å²) >= 11 is 0. The standard InChI is InChI=1S/C44H36N2/c1-5-29-9-13-31(14-10-29)33-17-21-41-37(25-33)39-27-35(19-23-43(39)45(41)7-3)36-20-24-44-40(28-36)38-26-34(18-22-42(38)46(44)8-4)32-15-11-30(6-2)12-16-32/h5-6,9-28H,1-2,7-8H2,3-4H3. The molecule has 0 saturated heterocycles. The predicted octanol–water partition coefficient (Wildman–Crippen LogP) is 12.2. The molecule has 8 rings (SSSR count). The van der Waals surface area contributed by atoms with Crippen LogP contribution in [0.15, 0.2) is 134 Å². The first-order valence-corrected chi connectivity index (χ1v) is 16.2. The van der Waals surface area contributed by atoms with Crippen molar-refractivity contribution in [1.82, 2.24) is 9.13 Å². The summed E-state index contributed by atoms with van der Waals surface area (Å²) in [5, 5.41) is 5.17. The Balaban J connectivity index is 1.28. The van der Waals surface area contributed by atoms with Crippen molar-refractivity contribution < 1.29 is 0 Å². The molecule has 0 aliphatic carbocycles. The highest BCUT2D eigenvalue weighted by Crippen LogP contribution is 2.38. The monoisotopic (exact) mass is 592 g/mol. The van der Waals surface area contributed by atoms with Gasteiger partial charge in [-0.3, -0.25) is 0 Å². The average molecular weight is 593 g/mol. The quantitative estimate of drug-likeness (QED) is 0.174. The van der Waals surface area contributed by atoms with Gasteiger partial charge in [-0.2, -0.15) is 0 Å². The molecule has 0 saturated carbocycles. The van der Waals surface area contributed by atoms with Gasteiger partial charge in [-0.1, -0.05) is 98.1 Å². The van der Waals surface area contributed by atoms with E-state index >= 15 is 0 Å². The van der Waals surface area contributed by atoms with Gasteiger partial charge in [0.25, 0.3) is 0 Å². The maximum atomic E-state index is 3.91. The van der Waals surface area contributed by atoms with Crippen LogP contribution >= 0.6 is 0 Å². The van der Waals surface area contributed by atoms with Gasteiger partial charge >= 0.3 is 0 Å². The van der Waals surface area contributed by atoms with Crippen molar-refractivity contribution in [1.29, 1.82) is 0 Å². The topological polar surface area (TPSA) is 9.86 Å². The fourth-order valence-corrected chi connectivity index (χ4v) is 7.23. The van der Waals surface area contributed by atoms with Crippen LogP contribution in [0.1, 0.15) is 25.0 Å². The van der Waals surface area contributed by atoms with E-state index < -0.39 is 0 Å². The zero-order chi connectivity index (χ0) is 31.4. The second-order valence-corrected chi connectivity index (χ2v) is 12.1. The number of hydrogen-bond donors (Lipinski definition) is 0. The molecular formula is C44H36N2. The van der Waals surface area contributed by atoms with Crippen LogP contribution in [0.4, 0.5) is 0 Å². The highest BCUT2D eigenvalue weighted by atomic mass is 15.0. The molecule has 0 aliphatic rings. The number of benzene rings is 6. The molecule has 0 N–H and O–H groups in total. The van der Waals surface area contributed by atoms with Gasteiger partial charge in [-0.25, -0.2) is 0 Å². The lowest BCUT2D eigenvalue weighted by atomic mass is 9.98. The molecule has 0 spiro atoms. The lowest BCUT2D eigenvalue weighted by molar-refractivity contribution is 0.827. The fourth-order valence-electron chi connectivity index (χ4n) is 7.23. The Morgan fingerprint density at radius 2 is 0.652 bits per heavy atom. The Labute approximate surface area is 270 Å². The zero-order valence-corrected chi connectivity index (χ0v) is 26.4. The summed E-state index contributed by atoms with van der Waals surface area (Å²) in [5.41, 5.74) is 14.7.